The summed E-state index contributed by atoms with van der Waals surface area (Å²) in [7, 11) is 1.59. The Kier molecular flexibility index (Phi) is 9.61. The second-order valence-electron chi connectivity index (χ2n) is 10.7. The molecule has 1 N–H and O–H groups in total. The van der Waals surface area contributed by atoms with E-state index in [-0.39, 0.29) is 5.78 Å². The Bertz CT molecular complexity index is 1900. The quantitative estimate of drug-likeness (QED) is 0.124. The fourth-order valence-electron chi connectivity index (χ4n) is 5.09. The molecule has 232 valence electrons. The number of rotatable bonds is 14. The van der Waals surface area contributed by atoms with Crippen molar-refractivity contribution in [3.8, 4) is 17.2 Å². The van der Waals surface area contributed by atoms with Gasteiger partial charge in [0.1, 0.15) is 18.1 Å². The number of aromatic nitrogens is 3. The smallest absolute Gasteiger partial charge is 0.227 e. The molecule has 0 fully saturated rings. The van der Waals surface area contributed by atoms with E-state index in [1.54, 1.807) is 7.11 Å². The van der Waals surface area contributed by atoms with Gasteiger partial charge in [-0.15, -0.1) is 0 Å². The molecule has 0 aliphatic rings. The van der Waals surface area contributed by atoms with Crippen molar-refractivity contribution < 1.29 is 23.2 Å². The van der Waals surface area contributed by atoms with Gasteiger partial charge < -0.3 is 23.7 Å². The highest BCUT2D eigenvalue weighted by Crippen LogP contribution is 2.32. The number of carbonyl (C=O) groups is 1. The molecule has 0 amide bonds. The molecule has 0 atom stereocenters. The lowest BCUT2D eigenvalue weighted by Gasteiger charge is -2.17. The average Bonchev–Trinajstić information content (AvgIpc) is 3.71. The highest BCUT2D eigenvalue weighted by molar-refractivity contribution is 6.12. The minimum Gasteiger partial charge on any atom is -0.491 e. The zero-order chi connectivity index (χ0) is 31.7. The molecule has 0 bridgehead atoms. The van der Waals surface area contributed by atoms with Crippen molar-refractivity contribution in [1.82, 2.24) is 15.1 Å². The van der Waals surface area contributed by atoms with Crippen LogP contribution in [0, 0.1) is 6.92 Å². The van der Waals surface area contributed by atoms with Gasteiger partial charge in [-0.2, -0.15) is 4.98 Å². The van der Waals surface area contributed by atoms with E-state index < -0.39 is 0 Å². The summed E-state index contributed by atoms with van der Waals surface area (Å²) in [6.07, 6.45) is 1.79. The molecule has 2 heterocycles. The maximum atomic E-state index is 13.5. The van der Waals surface area contributed by atoms with Crippen LogP contribution in [0.1, 0.15) is 44.7 Å². The Morgan fingerprint density at radius 2 is 1.59 bits per heavy atom. The summed E-state index contributed by atoms with van der Waals surface area (Å²) >= 11 is 0. The van der Waals surface area contributed by atoms with Crippen LogP contribution in [0.2, 0.25) is 0 Å². The van der Waals surface area contributed by atoms with E-state index >= 15 is 0 Å². The van der Waals surface area contributed by atoms with Gasteiger partial charge in [-0.3, -0.25) is 4.79 Å². The number of ether oxygens (including phenoxy) is 2. The molecule has 0 saturated heterocycles. The van der Waals surface area contributed by atoms with Crippen LogP contribution in [0.4, 0.5) is 11.4 Å². The van der Waals surface area contributed by atoms with Crippen molar-refractivity contribution >= 4 is 17.2 Å². The van der Waals surface area contributed by atoms with Gasteiger partial charge in [-0.1, -0.05) is 71.9 Å². The third kappa shape index (κ3) is 7.39. The molecular weight excluding hydrogens is 580 g/mol. The van der Waals surface area contributed by atoms with Crippen molar-refractivity contribution in [3.63, 3.8) is 0 Å². The van der Waals surface area contributed by atoms with Crippen molar-refractivity contribution in [3.05, 3.63) is 143 Å². The van der Waals surface area contributed by atoms with Gasteiger partial charge in [0, 0.05) is 42.3 Å². The van der Waals surface area contributed by atoms with E-state index in [1.807, 2.05) is 110 Å². The Morgan fingerprint density at radius 3 is 2.39 bits per heavy atom. The highest BCUT2D eigenvalue weighted by atomic mass is 16.5. The number of methoxy groups -OCH3 is 1. The van der Waals surface area contributed by atoms with Crippen molar-refractivity contribution in [2.75, 3.05) is 19.0 Å². The van der Waals surface area contributed by atoms with Crippen LogP contribution in [0.3, 0.4) is 0 Å². The number of nitrogens with zero attached hydrogens (tertiary/aromatic N) is 3. The third-order valence-corrected chi connectivity index (χ3v) is 7.44. The van der Waals surface area contributed by atoms with Gasteiger partial charge in [0.15, 0.2) is 11.6 Å². The number of carbonyl (C=O) groups excluding carboxylic acids is 1. The lowest BCUT2D eigenvalue weighted by atomic mass is 10.0. The van der Waals surface area contributed by atoms with E-state index in [4.69, 9.17) is 23.4 Å². The molecule has 0 unspecified atom stereocenters. The molecule has 2 aromatic heterocycles. The number of hydrogen-bond donors (Lipinski definition) is 1. The minimum absolute atomic E-state index is 0.0682. The molecule has 9 heteroatoms. The van der Waals surface area contributed by atoms with Gasteiger partial charge in [0.2, 0.25) is 11.8 Å². The first-order valence-electron chi connectivity index (χ1n) is 15.1. The number of nitrogens with one attached hydrogen (secondary N) is 1. The van der Waals surface area contributed by atoms with Crippen LogP contribution >= 0.6 is 0 Å². The zero-order valence-corrected chi connectivity index (χ0v) is 25.7. The van der Waals surface area contributed by atoms with Crippen molar-refractivity contribution in [1.29, 1.82) is 0 Å². The molecule has 0 spiro atoms. The molecule has 6 aromatic rings. The molecule has 0 aliphatic carbocycles. The largest absolute Gasteiger partial charge is 0.491 e. The second kappa shape index (κ2) is 14.5. The Hall–Kier alpha value is -5.54. The molecule has 6 rings (SSSR count). The first-order valence-corrected chi connectivity index (χ1v) is 15.1. The van der Waals surface area contributed by atoms with Crippen LogP contribution < -0.4 is 10.1 Å². The van der Waals surface area contributed by atoms with Crippen molar-refractivity contribution in [2.24, 2.45) is 0 Å². The van der Waals surface area contributed by atoms with E-state index in [0.717, 1.165) is 28.3 Å². The summed E-state index contributed by atoms with van der Waals surface area (Å²) in [6, 6.07) is 32.6. The number of oxazole rings is 1. The Labute approximate surface area is 267 Å². The Balaban J connectivity index is 1.23. The first kappa shape index (κ1) is 30.5. The summed E-state index contributed by atoms with van der Waals surface area (Å²) in [4.78, 5) is 22.6. The monoisotopic (exact) mass is 614 g/mol. The number of ketones is 1. The van der Waals surface area contributed by atoms with E-state index in [9.17, 15) is 4.79 Å². The predicted molar refractivity (Wildman–Crippen MR) is 174 cm³/mol. The van der Waals surface area contributed by atoms with E-state index in [0.29, 0.717) is 72.6 Å². The van der Waals surface area contributed by atoms with Crippen LogP contribution in [-0.4, -0.2) is 34.6 Å². The summed E-state index contributed by atoms with van der Waals surface area (Å²) in [5.41, 5.74) is 5.40. The normalized spacial score (nSPS) is 11.0. The maximum absolute atomic E-state index is 13.5. The molecular formula is C37H34N4O5. The summed E-state index contributed by atoms with van der Waals surface area (Å²) in [6.45, 7) is 2.59. The summed E-state index contributed by atoms with van der Waals surface area (Å²) in [5.74, 6) is 2.99. The second-order valence-corrected chi connectivity index (χ2v) is 10.7. The number of hydrogen-bond acceptors (Lipinski definition) is 9. The topological polar surface area (TPSA) is 113 Å². The Morgan fingerprint density at radius 1 is 0.826 bits per heavy atom. The first-order chi connectivity index (χ1) is 22.6. The third-order valence-electron chi connectivity index (χ3n) is 7.44. The highest BCUT2D eigenvalue weighted by Gasteiger charge is 2.17. The number of benzene rings is 4. The van der Waals surface area contributed by atoms with Crippen LogP contribution in [-0.2, 0) is 30.6 Å². The van der Waals surface area contributed by atoms with Gasteiger partial charge in [0.05, 0.1) is 18.0 Å². The summed E-state index contributed by atoms with van der Waals surface area (Å²) < 4.78 is 22.7. The SMILES string of the molecule is COCc1noc(CCc2ccc(OCCc3nc(-c4ccccc4)oc3C)c(Nc3ccccc3C(=O)c3ccccc3)c2)n1. The van der Waals surface area contributed by atoms with E-state index in [2.05, 4.69) is 15.5 Å². The lowest BCUT2D eigenvalue weighted by Crippen LogP contribution is -2.08. The zero-order valence-electron chi connectivity index (χ0n) is 25.7. The molecule has 9 nitrogen and oxygen atoms in total. The molecule has 0 aliphatic heterocycles. The predicted octanol–water partition coefficient (Wildman–Crippen LogP) is 7.56. The van der Waals surface area contributed by atoms with Crippen molar-refractivity contribution in [2.45, 2.75) is 32.8 Å². The molecule has 0 radical (unpaired) electrons. The fraction of sp³-hybridized carbons (Fsp3) is 0.189. The summed E-state index contributed by atoms with van der Waals surface area (Å²) in [5, 5.41) is 7.44. The maximum Gasteiger partial charge on any atom is 0.227 e. The lowest BCUT2D eigenvalue weighted by molar-refractivity contribution is 0.103. The van der Waals surface area contributed by atoms with Gasteiger partial charge in [-0.05, 0) is 55.3 Å². The van der Waals surface area contributed by atoms with Gasteiger partial charge in [-0.25, -0.2) is 4.98 Å². The van der Waals surface area contributed by atoms with E-state index in [1.165, 1.54) is 0 Å². The number of aryl methyl sites for hydroxylation is 3. The fourth-order valence-corrected chi connectivity index (χ4v) is 5.09. The number of anilines is 2. The minimum atomic E-state index is -0.0682. The van der Waals surface area contributed by atoms with Crippen LogP contribution in [0.25, 0.3) is 11.5 Å². The van der Waals surface area contributed by atoms with Crippen LogP contribution in [0.5, 0.6) is 5.75 Å². The molecule has 46 heavy (non-hydrogen) atoms. The standard InChI is InChI=1S/C37H34N4O5/c1-25-30(39-37(45-25)28-13-7-4-8-14-28)21-22-44-33-19-17-26(18-20-35-40-34(24-43-2)41-46-35)23-32(33)38-31-16-10-9-15-29(31)36(42)27-11-5-3-6-12-27/h3-17,19,23,38H,18,20-22,24H2,1-2H3. The number of para-hydroxylation sites is 1. The molecule has 4 aromatic carbocycles. The van der Waals surface area contributed by atoms with Gasteiger partial charge >= 0.3 is 0 Å². The average molecular weight is 615 g/mol. The molecule has 0 saturated carbocycles. The van der Waals surface area contributed by atoms with Crippen LogP contribution in [0.15, 0.2) is 112 Å². The van der Waals surface area contributed by atoms with Gasteiger partial charge in [0.25, 0.3) is 0 Å².